The third-order valence-electron chi connectivity index (χ3n) is 2.61. The fourth-order valence-electron chi connectivity index (χ4n) is 1.56. The van der Waals surface area contributed by atoms with Gasteiger partial charge in [0, 0.05) is 10.1 Å². The molecule has 1 unspecified atom stereocenters. The van der Waals surface area contributed by atoms with Gasteiger partial charge in [-0.15, -0.1) is 0 Å². The molecule has 1 aromatic carbocycles. The minimum absolute atomic E-state index is 0.0671. The first-order chi connectivity index (χ1) is 9.27. The van der Waals surface area contributed by atoms with Crippen LogP contribution in [0.2, 0.25) is 0 Å². The second kappa shape index (κ2) is 7.34. The van der Waals surface area contributed by atoms with Gasteiger partial charge in [-0.25, -0.2) is 17.9 Å². The van der Waals surface area contributed by atoms with Crippen molar-refractivity contribution in [2.75, 3.05) is 6.54 Å². The zero-order chi connectivity index (χ0) is 15.3. The highest BCUT2D eigenvalue weighted by Crippen LogP contribution is 2.18. The van der Waals surface area contributed by atoms with E-state index >= 15 is 0 Å². The highest BCUT2D eigenvalue weighted by atomic mass is 127. The summed E-state index contributed by atoms with van der Waals surface area (Å²) in [6, 6.07) is 3.88. The van der Waals surface area contributed by atoms with Crippen LogP contribution in [0.4, 0.5) is 0 Å². The lowest BCUT2D eigenvalue weighted by atomic mass is 10.2. The van der Waals surface area contributed by atoms with Crippen LogP contribution >= 0.6 is 22.6 Å². The molecule has 0 bridgehead atoms. The predicted molar refractivity (Wildman–Crippen MR) is 82.2 cm³/mol. The average molecular weight is 413 g/mol. The number of benzene rings is 1. The molecule has 3 N–H and O–H groups in total. The summed E-state index contributed by atoms with van der Waals surface area (Å²) in [5.74, 6) is -1.18. The van der Waals surface area contributed by atoms with E-state index in [1.165, 1.54) is 12.1 Å². The molecule has 0 aromatic heterocycles. The Balaban J connectivity index is 2.93. The molecule has 0 fully saturated rings. The summed E-state index contributed by atoms with van der Waals surface area (Å²) in [5.41, 5.74) is -0.0671. The van der Waals surface area contributed by atoms with Gasteiger partial charge < -0.3 is 10.2 Å². The van der Waals surface area contributed by atoms with Gasteiger partial charge in [0.05, 0.1) is 16.6 Å². The molecule has 20 heavy (non-hydrogen) atoms. The Hall–Kier alpha value is -0.710. The molecule has 0 heterocycles. The average Bonchev–Trinajstić information content (AvgIpc) is 2.37. The number of hydrogen-bond donors (Lipinski definition) is 3. The van der Waals surface area contributed by atoms with Crippen LogP contribution in [0.5, 0.6) is 0 Å². The number of rotatable bonds is 7. The Morgan fingerprint density at radius 1 is 1.45 bits per heavy atom. The molecule has 0 aliphatic heterocycles. The quantitative estimate of drug-likeness (QED) is 0.587. The number of aliphatic hydroxyl groups is 1. The Morgan fingerprint density at radius 2 is 2.10 bits per heavy atom. The van der Waals surface area contributed by atoms with E-state index in [1.807, 2.05) is 29.5 Å². The van der Waals surface area contributed by atoms with Gasteiger partial charge in [0.2, 0.25) is 10.0 Å². The molecular weight excluding hydrogens is 397 g/mol. The fraction of sp³-hybridized carbons (Fsp3) is 0.417. The summed E-state index contributed by atoms with van der Waals surface area (Å²) in [4.78, 5) is 10.9. The topological polar surface area (TPSA) is 104 Å². The number of sulfonamides is 1. The van der Waals surface area contributed by atoms with Crippen molar-refractivity contribution in [3.05, 3.63) is 27.3 Å². The maximum absolute atomic E-state index is 12.0. The summed E-state index contributed by atoms with van der Waals surface area (Å²) in [7, 11) is -3.82. The van der Waals surface area contributed by atoms with Crippen LogP contribution in [0.1, 0.15) is 30.1 Å². The summed E-state index contributed by atoms with van der Waals surface area (Å²) in [6.07, 6.45) is 0.489. The van der Waals surface area contributed by atoms with E-state index in [9.17, 15) is 18.3 Å². The van der Waals surface area contributed by atoms with Gasteiger partial charge in [-0.1, -0.05) is 13.3 Å². The second-order valence-corrected chi connectivity index (χ2v) is 7.17. The van der Waals surface area contributed by atoms with Crippen molar-refractivity contribution in [1.82, 2.24) is 4.72 Å². The van der Waals surface area contributed by atoms with Crippen LogP contribution in [0, 0.1) is 3.57 Å². The Kier molecular flexibility index (Phi) is 6.37. The van der Waals surface area contributed by atoms with E-state index in [-0.39, 0.29) is 17.0 Å². The van der Waals surface area contributed by atoms with Gasteiger partial charge in [-0.2, -0.15) is 0 Å². The van der Waals surface area contributed by atoms with Gasteiger partial charge in [0.1, 0.15) is 0 Å². The van der Waals surface area contributed by atoms with Crippen LogP contribution < -0.4 is 4.72 Å². The van der Waals surface area contributed by atoms with E-state index in [0.717, 1.165) is 12.5 Å². The van der Waals surface area contributed by atoms with Crippen LogP contribution in [0.15, 0.2) is 23.1 Å². The van der Waals surface area contributed by atoms with Crippen molar-refractivity contribution in [2.45, 2.75) is 30.8 Å². The lowest BCUT2D eigenvalue weighted by Gasteiger charge is -2.12. The number of carbonyl (C=O) groups is 1. The number of carboxylic acid groups (broad SMARTS) is 1. The third kappa shape index (κ3) is 4.69. The third-order valence-corrected chi connectivity index (χ3v) is 4.97. The first-order valence-corrected chi connectivity index (χ1v) is 8.54. The molecule has 0 saturated carbocycles. The van der Waals surface area contributed by atoms with Crippen molar-refractivity contribution in [2.24, 2.45) is 0 Å². The molecule has 1 atom stereocenters. The number of aromatic carboxylic acids is 1. The number of hydrogen-bond acceptors (Lipinski definition) is 4. The molecule has 112 valence electrons. The van der Waals surface area contributed by atoms with E-state index in [2.05, 4.69) is 4.72 Å². The smallest absolute Gasteiger partial charge is 0.336 e. The highest BCUT2D eigenvalue weighted by Gasteiger charge is 2.19. The first kappa shape index (κ1) is 17.3. The van der Waals surface area contributed by atoms with Gasteiger partial charge >= 0.3 is 5.97 Å². The maximum atomic E-state index is 12.0. The van der Waals surface area contributed by atoms with Crippen molar-refractivity contribution in [1.29, 1.82) is 0 Å². The van der Waals surface area contributed by atoms with Crippen molar-refractivity contribution in [3.63, 3.8) is 0 Å². The zero-order valence-electron chi connectivity index (χ0n) is 10.8. The van der Waals surface area contributed by atoms with Gasteiger partial charge in [0.15, 0.2) is 0 Å². The second-order valence-electron chi connectivity index (χ2n) is 4.24. The minimum Gasteiger partial charge on any atom is -0.478 e. The summed E-state index contributed by atoms with van der Waals surface area (Å²) in [5, 5.41) is 18.5. The SMILES string of the molecule is CCCC(O)CNS(=O)(=O)c1ccc(I)c(C(=O)O)c1. The largest absolute Gasteiger partial charge is 0.478 e. The molecule has 1 aromatic rings. The monoisotopic (exact) mass is 413 g/mol. The van der Waals surface area contributed by atoms with E-state index in [0.29, 0.717) is 9.99 Å². The van der Waals surface area contributed by atoms with Crippen LogP contribution in [0.25, 0.3) is 0 Å². The van der Waals surface area contributed by atoms with Gasteiger partial charge in [-0.05, 0) is 47.2 Å². The zero-order valence-corrected chi connectivity index (χ0v) is 13.8. The number of halogens is 1. The summed E-state index contributed by atoms with van der Waals surface area (Å²) < 4.78 is 26.7. The van der Waals surface area contributed by atoms with Crippen LogP contribution in [-0.2, 0) is 10.0 Å². The van der Waals surface area contributed by atoms with E-state index in [1.54, 1.807) is 0 Å². The first-order valence-electron chi connectivity index (χ1n) is 5.98. The Morgan fingerprint density at radius 3 is 2.65 bits per heavy atom. The highest BCUT2D eigenvalue weighted by molar-refractivity contribution is 14.1. The van der Waals surface area contributed by atoms with E-state index < -0.39 is 22.1 Å². The summed E-state index contributed by atoms with van der Waals surface area (Å²) in [6.45, 7) is 1.79. The van der Waals surface area contributed by atoms with Gasteiger partial charge in [0.25, 0.3) is 0 Å². The maximum Gasteiger partial charge on any atom is 0.336 e. The molecule has 6 nitrogen and oxygen atoms in total. The normalized spacial score (nSPS) is 13.2. The molecule has 0 saturated heterocycles. The van der Waals surface area contributed by atoms with Crippen molar-refractivity contribution < 1.29 is 23.4 Å². The molecular formula is C12H16INO5S. The lowest BCUT2D eigenvalue weighted by Crippen LogP contribution is -2.32. The molecule has 0 radical (unpaired) electrons. The van der Waals surface area contributed by atoms with Crippen LogP contribution in [-0.4, -0.2) is 37.2 Å². The molecule has 1 rings (SSSR count). The van der Waals surface area contributed by atoms with Crippen molar-refractivity contribution >= 4 is 38.6 Å². The van der Waals surface area contributed by atoms with E-state index in [4.69, 9.17) is 5.11 Å². The predicted octanol–water partition coefficient (Wildman–Crippen LogP) is 1.43. The van der Waals surface area contributed by atoms with Crippen molar-refractivity contribution in [3.8, 4) is 0 Å². The standard InChI is InChI=1S/C12H16INO5S/c1-2-3-8(15)7-14-20(18,19)9-4-5-11(13)10(6-9)12(16)17/h4-6,8,14-15H,2-3,7H2,1H3,(H,16,17). The lowest BCUT2D eigenvalue weighted by molar-refractivity contribution is 0.0695. The molecule has 0 amide bonds. The van der Waals surface area contributed by atoms with Crippen LogP contribution in [0.3, 0.4) is 0 Å². The molecule has 0 aliphatic rings. The number of aliphatic hydroxyl groups excluding tert-OH is 1. The molecule has 0 spiro atoms. The summed E-state index contributed by atoms with van der Waals surface area (Å²) >= 11 is 1.83. The number of nitrogens with one attached hydrogen (secondary N) is 1. The van der Waals surface area contributed by atoms with Gasteiger partial charge in [-0.3, -0.25) is 0 Å². The Labute approximate surface area is 131 Å². The molecule has 8 heteroatoms. The number of carboxylic acids is 1. The molecule has 0 aliphatic carbocycles. The minimum atomic E-state index is -3.82. The Bertz CT molecular complexity index is 588. The fourth-order valence-corrected chi connectivity index (χ4v) is 3.22.